The zero-order chi connectivity index (χ0) is 6.57. The van der Waals surface area contributed by atoms with Crippen LogP contribution in [0, 0.1) is 0 Å². The van der Waals surface area contributed by atoms with Crippen molar-refractivity contribution in [3.8, 4) is 0 Å². The third-order valence-electron chi connectivity index (χ3n) is 0.568. The average Bonchev–Trinajstić information content (AvgIpc) is 1.67. The van der Waals surface area contributed by atoms with Gasteiger partial charge in [0, 0.05) is 6.61 Å². The number of aliphatic hydroxyl groups is 1. The number of aliphatic hydroxyl groups excluding tert-OH is 1. The summed E-state index contributed by atoms with van der Waals surface area (Å²) in [7, 11) is 0. The van der Waals surface area contributed by atoms with Crippen molar-refractivity contribution < 1.29 is 14.6 Å². The lowest BCUT2D eigenvalue weighted by Gasteiger charge is -2.03. The largest absolute Gasteiger partial charge is 0.365 e. The minimum absolute atomic E-state index is 0.282. The number of amides is 1. The summed E-state index contributed by atoms with van der Waals surface area (Å²) in [4.78, 5) is 9.94. The number of rotatable bonds is 3. The van der Waals surface area contributed by atoms with E-state index in [1.807, 2.05) is 0 Å². The van der Waals surface area contributed by atoms with Gasteiger partial charge in [-0.15, -0.1) is 0 Å². The molecule has 0 aromatic heterocycles. The Kier molecular flexibility index (Phi) is 3.14. The SMILES string of the molecule is CCOC(O)C(N)=O. The lowest BCUT2D eigenvalue weighted by molar-refractivity contribution is -0.153. The molecule has 1 atom stereocenters. The van der Waals surface area contributed by atoms with Gasteiger partial charge in [-0.2, -0.15) is 0 Å². The minimum Gasteiger partial charge on any atom is -0.365 e. The van der Waals surface area contributed by atoms with Crippen LogP contribution < -0.4 is 5.73 Å². The number of nitrogens with two attached hydrogens (primary N) is 1. The maximum atomic E-state index is 9.94. The monoisotopic (exact) mass is 119 g/mol. The Labute approximate surface area is 47.2 Å². The fourth-order valence-corrected chi connectivity index (χ4v) is 0.240. The Morgan fingerprint density at radius 1 is 2.00 bits per heavy atom. The summed E-state index contributed by atoms with van der Waals surface area (Å²) < 4.78 is 4.38. The van der Waals surface area contributed by atoms with E-state index in [0.717, 1.165) is 0 Å². The topological polar surface area (TPSA) is 72.6 Å². The summed E-state index contributed by atoms with van der Waals surface area (Å²) in [5, 5.41) is 8.43. The Hall–Kier alpha value is -0.610. The highest BCUT2D eigenvalue weighted by molar-refractivity contribution is 5.76. The van der Waals surface area contributed by atoms with E-state index in [4.69, 9.17) is 5.11 Å². The van der Waals surface area contributed by atoms with Gasteiger partial charge in [0.1, 0.15) is 0 Å². The highest BCUT2D eigenvalue weighted by Crippen LogP contribution is 1.81. The maximum absolute atomic E-state index is 9.94. The first kappa shape index (κ1) is 7.39. The highest BCUT2D eigenvalue weighted by Gasteiger charge is 2.07. The lowest BCUT2D eigenvalue weighted by Crippen LogP contribution is -2.30. The van der Waals surface area contributed by atoms with E-state index in [9.17, 15) is 4.79 Å². The van der Waals surface area contributed by atoms with Crippen molar-refractivity contribution in [1.29, 1.82) is 0 Å². The van der Waals surface area contributed by atoms with Gasteiger partial charge in [-0.3, -0.25) is 4.79 Å². The van der Waals surface area contributed by atoms with Crippen molar-refractivity contribution >= 4 is 5.91 Å². The Morgan fingerprint density at radius 3 is 2.62 bits per heavy atom. The predicted octanol–water partition coefficient (Wildman–Crippen LogP) is -1.17. The fourth-order valence-electron chi connectivity index (χ4n) is 0.240. The summed E-state index contributed by atoms with van der Waals surface area (Å²) in [5.41, 5.74) is 4.61. The van der Waals surface area contributed by atoms with Crippen LogP contribution in [0.4, 0.5) is 0 Å². The van der Waals surface area contributed by atoms with Gasteiger partial charge in [0.05, 0.1) is 0 Å². The number of carbonyl (C=O) groups excluding carboxylic acids is 1. The minimum atomic E-state index is -1.44. The third-order valence-corrected chi connectivity index (χ3v) is 0.568. The van der Waals surface area contributed by atoms with Crippen molar-refractivity contribution in [2.45, 2.75) is 13.2 Å². The second kappa shape index (κ2) is 3.40. The molecule has 1 unspecified atom stereocenters. The quantitative estimate of drug-likeness (QED) is 0.459. The molecular formula is C4H9NO3. The number of primary amides is 1. The second-order valence-electron chi connectivity index (χ2n) is 1.21. The summed E-state index contributed by atoms with van der Waals surface area (Å²) in [6, 6.07) is 0. The van der Waals surface area contributed by atoms with Crippen LogP contribution in [-0.4, -0.2) is 23.9 Å². The molecule has 0 radical (unpaired) electrons. The van der Waals surface area contributed by atoms with Gasteiger partial charge < -0.3 is 15.6 Å². The van der Waals surface area contributed by atoms with Gasteiger partial charge in [-0.25, -0.2) is 0 Å². The first-order chi connectivity index (χ1) is 3.68. The van der Waals surface area contributed by atoms with E-state index in [1.165, 1.54) is 0 Å². The number of hydrogen-bond donors (Lipinski definition) is 2. The van der Waals surface area contributed by atoms with E-state index in [2.05, 4.69) is 10.5 Å². The number of carbonyl (C=O) groups is 1. The number of ether oxygens (including phenoxy) is 1. The summed E-state index contributed by atoms with van der Waals surface area (Å²) >= 11 is 0. The van der Waals surface area contributed by atoms with Crippen LogP contribution in [0.5, 0.6) is 0 Å². The molecule has 0 aliphatic carbocycles. The molecule has 0 aromatic rings. The van der Waals surface area contributed by atoms with E-state index in [-0.39, 0.29) is 6.61 Å². The summed E-state index contributed by atoms with van der Waals surface area (Å²) in [6.45, 7) is 1.94. The van der Waals surface area contributed by atoms with Crippen LogP contribution in [0.15, 0.2) is 0 Å². The Morgan fingerprint density at radius 2 is 2.50 bits per heavy atom. The highest BCUT2D eigenvalue weighted by atomic mass is 16.6. The van der Waals surface area contributed by atoms with Crippen LogP contribution in [0.25, 0.3) is 0 Å². The molecule has 0 saturated heterocycles. The van der Waals surface area contributed by atoms with Crippen molar-refractivity contribution in [3.63, 3.8) is 0 Å². The first-order valence-corrected chi connectivity index (χ1v) is 2.27. The predicted molar refractivity (Wildman–Crippen MR) is 26.8 cm³/mol. The van der Waals surface area contributed by atoms with Crippen LogP contribution in [-0.2, 0) is 9.53 Å². The Balaban J connectivity index is 3.32. The molecule has 0 heterocycles. The molecule has 48 valence electrons. The molecule has 1 amide bonds. The van der Waals surface area contributed by atoms with Gasteiger partial charge in [-0.05, 0) is 6.92 Å². The average molecular weight is 119 g/mol. The zero-order valence-electron chi connectivity index (χ0n) is 4.63. The fraction of sp³-hybridized carbons (Fsp3) is 0.750. The van der Waals surface area contributed by atoms with Crippen LogP contribution in [0.3, 0.4) is 0 Å². The van der Waals surface area contributed by atoms with Gasteiger partial charge in [0.25, 0.3) is 5.91 Å². The molecule has 8 heavy (non-hydrogen) atoms. The molecule has 0 spiro atoms. The van der Waals surface area contributed by atoms with Crippen molar-refractivity contribution in [2.24, 2.45) is 5.73 Å². The van der Waals surface area contributed by atoms with E-state index in [1.54, 1.807) is 6.92 Å². The molecule has 0 aliphatic heterocycles. The summed E-state index contributed by atoms with van der Waals surface area (Å²) in [6.07, 6.45) is -1.44. The van der Waals surface area contributed by atoms with Crippen LogP contribution in [0.2, 0.25) is 0 Å². The van der Waals surface area contributed by atoms with Crippen LogP contribution >= 0.6 is 0 Å². The molecule has 0 bridgehead atoms. The van der Waals surface area contributed by atoms with Gasteiger partial charge in [0.15, 0.2) is 0 Å². The third kappa shape index (κ3) is 2.54. The molecule has 4 heteroatoms. The normalized spacial score (nSPS) is 13.2. The van der Waals surface area contributed by atoms with E-state index < -0.39 is 12.2 Å². The van der Waals surface area contributed by atoms with Gasteiger partial charge in [0.2, 0.25) is 6.29 Å². The molecule has 0 saturated carbocycles. The first-order valence-electron chi connectivity index (χ1n) is 2.27. The lowest BCUT2D eigenvalue weighted by atomic mass is 10.6. The molecule has 0 fully saturated rings. The van der Waals surface area contributed by atoms with E-state index >= 15 is 0 Å². The molecule has 0 aliphatic rings. The molecule has 3 N–H and O–H groups in total. The van der Waals surface area contributed by atoms with E-state index in [0.29, 0.717) is 0 Å². The number of hydrogen-bond acceptors (Lipinski definition) is 3. The summed E-state index contributed by atoms with van der Waals surface area (Å²) in [5.74, 6) is -0.855. The molecule has 0 rings (SSSR count). The van der Waals surface area contributed by atoms with Crippen LogP contribution in [0.1, 0.15) is 6.92 Å². The van der Waals surface area contributed by atoms with Crippen molar-refractivity contribution in [2.75, 3.05) is 6.61 Å². The van der Waals surface area contributed by atoms with Crippen molar-refractivity contribution in [3.05, 3.63) is 0 Å². The van der Waals surface area contributed by atoms with Crippen molar-refractivity contribution in [1.82, 2.24) is 0 Å². The Bertz CT molecular complexity index is 83.4. The molecule has 4 nitrogen and oxygen atoms in total. The zero-order valence-corrected chi connectivity index (χ0v) is 4.63. The maximum Gasteiger partial charge on any atom is 0.274 e. The molecule has 0 aromatic carbocycles. The van der Waals surface area contributed by atoms with Gasteiger partial charge >= 0.3 is 0 Å². The smallest absolute Gasteiger partial charge is 0.274 e. The molecular weight excluding hydrogens is 110 g/mol. The van der Waals surface area contributed by atoms with Gasteiger partial charge in [-0.1, -0.05) is 0 Å². The second-order valence-corrected chi connectivity index (χ2v) is 1.21. The standard InChI is InChI=1S/C4H9NO3/c1-2-8-4(7)3(5)6/h4,7H,2H2,1H3,(H2,5,6).